The number of fused-ring (bicyclic) bond motifs is 1. The minimum absolute atomic E-state index is 0.0769. The van der Waals surface area contributed by atoms with E-state index in [4.69, 9.17) is 5.73 Å². The third-order valence-electron chi connectivity index (χ3n) is 4.52. The van der Waals surface area contributed by atoms with E-state index in [2.05, 4.69) is 4.90 Å². The molecule has 0 aliphatic carbocycles. The van der Waals surface area contributed by atoms with Crippen LogP contribution in [0, 0.1) is 0 Å². The van der Waals surface area contributed by atoms with Crippen molar-refractivity contribution in [3.05, 3.63) is 35.4 Å². The lowest BCUT2D eigenvalue weighted by molar-refractivity contribution is 0.158. The van der Waals surface area contributed by atoms with Crippen LogP contribution in [0.4, 0.5) is 0 Å². The molecule has 0 radical (unpaired) electrons. The molecule has 3 rings (SSSR count). The molecule has 2 saturated heterocycles. The van der Waals surface area contributed by atoms with E-state index in [9.17, 15) is 8.42 Å². The summed E-state index contributed by atoms with van der Waals surface area (Å²) in [5.41, 5.74) is 7.42. The molecule has 1 aromatic carbocycles. The van der Waals surface area contributed by atoms with Crippen molar-refractivity contribution in [3.8, 4) is 0 Å². The topological polar surface area (TPSA) is 66.6 Å². The molecule has 1 unspecified atom stereocenters. The molecule has 2 fully saturated rings. The summed E-state index contributed by atoms with van der Waals surface area (Å²) in [5, 5.41) is 0. The molecule has 2 aliphatic heterocycles. The zero-order valence-corrected chi connectivity index (χ0v) is 13.1. The summed E-state index contributed by atoms with van der Waals surface area (Å²) in [7, 11) is -3.23. The van der Waals surface area contributed by atoms with Crippen molar-refractivity contribution >= 4 is 10.0 Å². The largest absolute Gasteiger partial charge is 0.326 e. The zero-order chi connectivity index (χ0) is 14.9. The molecule has 1 aromatic rings. The van der Waals surface area contributed by atoms with E-state index in [1.165, 1.54) is 6.42 Å². The lowest BCUT2D eigenvalue weighted by atomic mass is 10.1. The van der Waals surface area contributed by atoms with Gasteiger partial charge in [0, 0.05) is 32.2 Å². The maximum Gasteiger partial charge on any atom is 0.218 e. The Bertz CT molecular complexity index is 603. The molecule has 0 amide bonds. The molecule has 116 valence electrons. The highest BCUT2D eigenvalue weighted by Gasteiger charge is 2.35. The molecular weight excluding hydrogens is 286 g/mol. The van der Waals surface area contributed by atoms with Gasteiger partial charge < -0.3 is 5.73 Å². The highest BCUT2D eigenvalue weighted by atomic mass is 32.2. The number of piperazine rings is 1. The van der Waals surface area contributed by atoms with Crippen LogP contribution in [0.5, 0.6) is 0 Å². The Balaban J connectivity index is 1.71. The van der Waals surface area contributed by atoms with Crippen molar-refractivity contribution < 1.29 is 8.42 Å². The van der Waals surface area contributed by atoms with Crippen molar-refractivity contribution in [1.29, 1.82) is 0 Å². The van der Waals surface area contributed by atoms with Crippen LogP contribution in [0.2, 0.25) is 0 Å². The molecule has 0 bridgehead atoms. The molecule has 5 nitrogen and oxygen atoms in total. The second kappa shape index (κ2) is 6.04. The van der Waals surface area contributed by atoms with Crippen LogP contribution in [0.1, 0.15) is 24.0 Å². The summed E-state index contributed by atoms with van der Waals surface area (Å²) in [6, 6.07) is 7.98. The fourth-order valence-corrected chi connectivity index (χ4v) is 4.91. The number of rotatable bonds is 4. The molecule has 6 heteroatoms. The number of nitrogens with zero attached hydrogens (tertiary/aromatic N) is 2. The molecule has 0 spiro atoms. The van der Waals surface area contributed by atoms with E-state index >= 15 is 0 Å². The summed E-state index contributed by atoms with van der Waals surface area (Å²) in [4.78, 5) is 2.42. The number of sulfonamides is 1. The SMILES string of the molecule is NCc1cccc(CS(=O)(=O)N2CCN3CCCC3C2)c1. The van der Waals surface area contributed by atoms with Crippen molar-refractivity contribution in [2.45, 2.75) is 31.2 Å². The van der Waals surface area contributed by atoms with E-state index in [0.29, 0.717) is 25.7 Å². The van der Waals surface area contributed by atoms with E-state index in [-0.39, 0.29) is 5.75 Å². The Kier molecular flexibility index (Phi) is 4.31. The van der Waals surface area contributed by atoms with Gasteiger partial charge in [0.15, 0.2) is 0 Å². The first-order valence-electron chi connectivity index (χ1n) is 7.58. The van der Waals surface area contributed by atoms with Gasteiger partial charge in [-0.05, 0) is 30.5 Å². The number of nitrogens with two attached hydrogens (primary N) is 1. The predicted octanol–water partition coefficient (Wildman–Crippen LogP) is 0.755. The van der Waals surface area contributed by atoms with Gasteiger partial charge in [0.25, 0.3) is 0 Å². The van der Waals surface area contributed by atoms with E-state index < -0.39 is 10.0 Å². The summed E-state index contributed by atoms with van der Waals surface area (Å²) < 4.78 is 26.9. The van der Waals surface area contributed by atoms with Crippen LogP contribution >= 0.6 is 0 Å². The minimum atomic E-state index is -3.23. The van der Waals surface area contributed by atoms with Crippen molar-refractivity contribution in [3.63, 3.8) is 0 Å². The molecule has 2 N–H and O–H groups in total. The summed E-state index contributed by atoms with van der Waals surface area (Å²) >= 11 is 0. The Morgan fingerprint density at radius 1 is 1.19 bits per heavy atom. The Labute approximate surface area is 126 Å². The van der Waals surface area contributed by atoms with Crippen molar-refractivity contribution in [1.82, 2.24) is 9.21 Å². The Hall–Kier alpha value is -0.950. The fraction of sp³-hybridized carbons (Fsp3) is 0.600. The van der Waals surface area contributed by atoms with E-state index in [0.717, 1.165) is 30.6 Å². The van der Waals surface area contributed by atoms with Crippen LogP contribution in [-0.2, 0) is 22.3 Å². The average Bonchev–Trinajstić information content (AvgIpc) is 2.94. The highest BCUT2D eigenvalue weighted by Crippen LogP contribution is 2.24. The average molecular weight is 309 g/mol. The summed E-state index contributed by atoms with van der Waals surface area (Å²) in [6.07, 6.45) is 2.31. The number of hydrogen-bond donors (Lipinski definition) is 1. The van der Waals surface area contributed by atoms with Gasteiger partial charge in [-0.2, -0.15) is 4.31 Å². The lowest BCUT2D eigenvalue weighted by Gasteiger charge is -2.36. The molecule has 0 saturated carbocycles. The van der Waals surface area contributed by atoms with Gasteiger partial charge in [-0.25, -0.2) is 8.42 Å². The van der Waals surface area contributed by atoms with Crippen molar-refractivity contribution in [2.24, 2.45) is 5.73 Å². The Morgan fingerprint density at radius 3 is 2.81 bits per heavy atom. The first-order valence-corrected chi connectivity index (χ1v) is 9.19. The maximum absolute atomic E-state index is 12.6. The molecule has 0 aromatic heterocycles. The van der Waals surface area contributed by atoms with Crippen molar-refractivity contribution in [2.75, 3.05) is 26.2 Å². The van der Waals surface area contributed by atoms with Gasteiger partial charge in [0.2, 0.25) is 10.0 Å². The molecule has 1 atom stereocenters. The highest BCUT2D eigenvalue weighted by molar-refractivity contribution is 7.88. The zero-order valence-electron chi connectivity index (χ0n) is 12.2. The van der Waals surface area contributed by atoms with E-state index in [1.54, 1.807) is 4.31 Å². The molecule has 2 aliphatic rings. The van der Waals surface area contributed by atoms with Crippen LogP contribution < -0.4 is 5.73 Å². The van der Waals surface area contributed by atoms with Gasteiger partial charge in [-0.1, -0.05) is 24.3 Å². The van der Waals surface area contributed by atoms with Gasteiger partial charge in [-0.15, -0.1) is 0 Å². The third kappa shape index (κ3) is 3.29. The molecule has 2 heterocycles. The number of hydrogen-bond acceptors (Lipinski definition) is 4. The van der Waals surface area contributed by atoms with Crippen LogP contribution in [0.3, 0.4) is 0 Å². The summed E-state index contributed by atoms with van der Waals surface area (Å²) in [5.74, 6) is 0.0769. The monoisotopic (exact) mass is 309 g/mol. The van der Waals surface area contributed by atoms with Crippen LogP contribution in [0.25, 0.3) is 0 Å². The second-order valence-corrected chi connectivity index (χ2v) is 7.94. The van der Waals surface area contributed by atoms with Gasteiger partial charge in [0.05, 0.1) is 5.75 Å². The molecule has 21 heavy (non-hydrogen) atoms. The second-order valence-electron chi connectivity index (χ2n) is 5.97. The lowest BCUT2D eigenvalue weighted by Crippen LogP contribution is -2.52. The Morgan fingerprint density at radius 2 is 2.00 bits per heavy atom. The normalized spacial score (nSPS) is 24.1. The smallest absolute Gasteiger partial charge is 0.218 e. The fourth-order valence-electron chi connectivity index (χ4n) is 3.36. The van der Waals surface area contributed by atoms with Crippen LogP contribution in [-0.4, -0.2) is 49.8 Å². The molecular formula is C15H23N3O2S. The number of benzene rings is 1. The quantitative estimate of drug-likeness (QED) is 0.891. The predicted molar refractivity (Wildman–Crippen MR) is 83.1 cm³/mol. The van der Waals surface area contributed by atoms with Crippen LogP contribution in [0.15, 0.2) is 24.3 Å². The summed E-state index contributed by atoms with van der Waals surface area (Å²) in [6.45, 7) is 3.70. The first kappa shape index (κ1) is 15.0. The van der Waals surface area contributed by atoms with Gasteiger partial charge >= 0.3 is 0 Å². The minimum Gasteiger partial charge on any atom is -0.326 e. The van der Waals surface area contributed by atoms with Gasteiger partial charge in [-0.3, -0.25) is 4.90 Å². The standard InChI is InChI=1S/C15H23N3O2S/c16-10-13-3-1-4-14(9-13)12-21(19,20)18-8-7-17-6-2-5-15(17)11-18/h1,3-4,9,15H,2,5-8,10-12,16H2. The first-order chi connectivity index (χ1) is 10.1. The van der Waals surface area contributed by atoms with E-state index in [1.807, 2.05) is 24.3 Å². The van der Waals surface area contributed by atoms with Gasteiger partial charge in [0.1, 0.15) is 0 Å². The maximum atomic E-state index is 12.6. The third-order valence-corrected chi connectivity index (χ3v) is 6.34.